The highest BCUT2D eigenvalue weighted by atomic mass is 19.1. The summed E-state index contributed by atoms with van der Waals surface area (Å²) in [5, 5.41) is 2.89. The zero-order chi connectivity index (χ0) is 19.2. The molecule has 1 unspecified atom stereocenters. The molecule has 0 aromatic heterocycles. The zero-order valence-electron chi connectivity index (χ0n) is 15.4. The molecule has 1 N–H and O–H groups in total. The van der Waals surface area contributed by atoms with Crippen molar-refractivity contribution < 1.29 is 18.3 Å². The van der Waals surface area contributed by atoms with Gasteiger partial charge >= 0.3 is 0 Å². The van der Waals surface area contributed by atoms with Crippen molar-refractivity contribution in [1.29, 1.82) is 0 Å². The Balaban J connectivity index is 1.74. The van der Waals surface area contributed by atoms with Crippen molar-refractivity contribution >= 4 is 5.91 Å². The van der Waals surface area contributed by atoms with E-state index in [2.05, 4.69) is 10.2 Å². The van der Waals surface area contributed by atoms with Gasteiger partial charge in [-0.1, -0.05) is 24.6 Å². The quantitative estimate of drug-likeness (QED) is 0.836. The minimum Gasteiger partial charge on any atom is -0.494 e. The number of halogens is 2. The summed E-state index contributed by atoms with van der Waals surface area (Å²) in [5.74, 6) is -0.789. The van der Waals surface area contributed by atoms with Gasteiger partial charge in [0.25, 0.3) is 0 Å². The van der Waals surface area contributed by atoms with E-state index in [9.17, 15) is 13.6 Å². The largest absolute Gasteiger partial charge is 0.494 e. The Morgan fingerprint density at radius 1 is 1.11 bits per heavy atom. The summed E-state index contributed by atoms with van der Waals surface area (Å²) in [7, 11) is 1.41. The van der Waals surface area contributed by atoms with Gasteiger partial charge in [-0.2, -0.15) is 0 Å². The van der Waals surface area contributed by atoms with Crippen LogP contribution in [0.4, 0.5) is 8.78 Å². The van der Waals surface area contributed by atoms with Gasteiger partial charge in [0, 0.05) is 6.54 Å². The Hall–Kier alpha value is -2.47. The summed E-state index contributed by atoms with van der Waals surface area (Å²) in [6.45, 7) is 1.87. The number of nitrogens with zero attached hydrogens (tertiary/aromatic N) is 1. The SMILES string of the molecule is COc1ccc(CNC(=O)C(c2ccc(F)cc2)N2CCCCC2)cc1F. The monoisotopic (exact) mass is 374 g/mol. The minimum atomic E-state index is -0.478. The fourth-order valence-corrected chi connectivity index (χ4v) is 3.46. The molecule has 0 bridgehead atoms. The van der Waals surface area contributed by atoms with Crippen LogP contribution in [0.25, 0.3) is 0 Å². The number of likely N-dealkylation sites (tertiary alicyclic amines) is 1. The van der Waals surface area contributed by atoms with E-state index in [0.717, 1.165) is 37.9 Å². The third kappa shape index (κ3) is 4.83. The lowest BCUT2D eigenvalue weighted by atomic mass is 10.0. The van der Waals surface area contributed by atoms with E-state index in [1.54, 1.807) is 24.3 Å². The average Bonchev–Trinajstić information content (AvgIpc) is 2.69. The Morgan fingerprint density at radius 3 is 2.44 bits per heavy atom. The van der Waals surface area contributed by atoms with Crippen molar-refractivity contribution in [2.45, 2.75) is 31.8 Å². The predicted molar refractivity (Wildman–Crippen MR) is 99.4 cm³/mol. The summed E-state index contributed by atoms with van der Waals surface area (Å²) in [6.07, 6.45) is 3.22. The van der Waals surface area contributed by atoms with Crippen molar-refractivity contribution in [3.05, 3.63) is 65.2 Å². The lowest BCUT2D eigenvalue weighted by Gasteiger charge is -2.34. The van der Waals surface area contributed by atoms with Gasteiger partial charge in [-0.25, -0.2) is 8.78 Å². The van der Waals surface area contributed by atoms with Gasteiger partial charge in [0.2, 0.25) is 5.91 Å². The Labute approximate surface area is 158 Å². The van der Waals surface area contributed by atoms with Crippen LogP contribution in [0.3, 0.4) is 0 Å². The van der Waals surface area contributed by atoms with Gasteiger partial charge in [-0.15, -0.1) is 0 Å². The molecule has 1 heterocycles. The molecule has 1 aliphatic rings. The molecule has 1 atom stereocenters. The van der Waals surface area contributed by atoms with Crippen LogP contribution in [0.15, 0.2) is 42.5 Å². The summed E-state index contributed by atoms with van der Waals surface area (Å²) in [6, 6.07) is 10.2. The molecule has 4 nitrogen and oxygen atoms in total. The molecule has 1 amide bonds. The van der Waals surface area contributed by atoms with E-state index < -0.39 is 11.9 Å². The number of piperidine rings is 1. The molecule has 0 saturated carbocycles. The van der Waals surface area contributed by atoms with E-state index in [0.29, 0.717) is 5.56 Å². The van der Waals surface area contributed by atoms with Crippen LogP contribution >= 0.6 is 0 Å². The molecular weight excluding hydrogens is 350 g/mol. The fourth-order valence-electron chi connectivity index (χ4n) is 3.46. The zero-order valence-corrected chi connectivity index (χ0v) is 15.4. The van der Waals surface area contributed by atoms with E-state index in [1.165, 1.54) is 25.3 Å². The molecule has 0 aliphatic carbocycles. The average molecular weight is 374 g/mol. The molecule has 1 saturated heterocycles. The number of carbonyl (C=O) groups is 1. The molecule has 2 aromatic rings. The van der Waals surface area contributed by atoms with Crippen LogP contribution in [-0.4, -0.2) is 31.0 Å². The Bertz CT molecular complexity index is 774. The standard InChI is InChI=1S/C21H24F2N2O2/c1-27-19-10-5-15(13-18(19)23)14-24-21(26)20(25-11-3-2-4-12-25)16-6-8-17(22)9-7-16/h5-10,13,20H,2-4,11-12,14H2,1H3,(H,24,26). The molecule has 27 heavy (non-hydrogen) atoms. The van der Waals surface area contributed by atoms with Crippen molar-refractivity contribution in [2.24, 2.45) is 0 Å². The third-order valence-electron chi connectivity index (χ3n) is 4.87. The fraction of sp³-hybridized carbons (Fsp3) is 0.381. The summed E-state index contributed by atoms with van der Waals surface area (Å²) in [5.41, 5.74) is 1.41. The highest BCUT2D eigenvalue weighted by Crippen LogP contribution is 2.25. The van der Waals surface area contributed by atoms with Gasteiger partial charge in [0.15, 0.2) is 11.6 Å². The second-order valence-corrected chi connectivity index (χ2v) is 6.74. The molecule has 2 aromatic carbocycles. The number of hydrogen-bond donors (Lipinski definition) is 1. The second kappa shape index (κ2) is 8.95. The van der Waals surface area contributed by atoms with E-state index in [1.807, 2.05) is 0 Å². The summed E-state index contributed by atoms with van der Waals surface area (Å²) >= 11 is 0. The van der Waals surface area contributed by atoms with Gasteiger partial charge in [-0.05, 0) is 61.3 Å². The van der Waals surface area contributed by atoms with Crippen molar-refractivity contribution in [3.8, 4) is 5.75 Å². The Kier molecular flexibility index (Phi) is 6.40. The minimum absolute atomic E-state index is 0.167. The third-order valence-corrected chi connectivity index (χ3v) is 4.87. The number of carbonyl (C=O) groups excluding carboxylic acids is 1. The van der Waals surface area contributed by atoms with Gasteiger partial charge in [0.05, 0.1) is 7.11 Å². The maximum absolute atomic E-state index is 13.8. The first-order valence-electron chi connectivity index (χ1n) is 9.18. The topological polar surface area (TPSA) is 41.6 Å². The highest BCUT2D eigenvalue weighted by molar-refractivity contribution is 5.83. The predicted octanol–water partition coefficient (Wildman–Crippen LogP) is 3.82. The number of ether oxygens (including phenoxy) is 1. The lowest BCUT2D eigenvalue weighted by Crippen LogP contribution is -2.42. The van der Waals surface area contributed by atoms with Crippen molar-refractivity contribution in [2.75, 3.05) is 20.2 Å². The lowest BCUT2D eigenvalue weighted by molar-refractivity contribution is -0.127. The van der Waals surface area contributed by atoms with Crippen LogP contribution in [0.2, 0.25) is 0 Å². The molecule has 0 spiro atoms. The number of amides is 1. The number of benzene rings is 2. The van der Waals surface area contributed by atoms with Gasteiger partial charge < -0.3 is 10.1 Å². The smallest absolute Gasteiger partial charge is 0.242 e. The normalized spacial score (nSPS) is 16.0. The first-order chi connectivity index (χ1) is 13.1. The number of hydrogen-bond acceptors (Lipinski definition) is 3. The number of methoxy groups -OCH3 is 1. The maximum atomic E-state index is 13.8. The molecule has 1 aliphatic heterocycles. The van der Waals surface area contributed by atoms with Gasteiger partial charge in [-0.3, -0.25) is 9.69 Å². The molecular formula is C21H24F2N2O2. The van der Waals surface area contributed by atoms with Crippen molar-refractivity contribution in [3.63, 3.8) is 0 Å². The molecule has 1 fully saturated rings. The second-order valence-electron chi connectivity index (χ2n) is 6.74. The number of nitrogens with one attached hydrogen (secondary N) is 1. The van der Waals surface area contributed by atoms with Crippen LogP contribution in [0.5, 0.6) is 5.75 Å². The first kappa shape index (κ1) is 19.3. The molecule has 3 rings (SSSR count). The van der Waals surface area contributed by atoms with Crippen molar-refractivity contribution in [1.82, 2.24) is 10.2 Å². The Morgan fingerprint density at radius 2 is 1.81 bits per heavy atom. The van der Waals surface area contributed by atoms with Crippen LogP contribution < -0.4 is 10.1 Å². The molecule has 0 radical (unpaired) electrons. The van der Waals surface area contributed by atoms with E-state index >= 15 is 0 Å². The van der Waals surface area contributed by atoms with Crippen LogP contribution in [0.1, 0.15) is 36.4 Å². The highest BCUT2D eigenvalue weighted by Gasteiger charge is 2.28. The molecule has 144 valence electrons. The maximum Gasteiger partial charge on any atom is 0.242 e. The van der Waals surface area contributed by atoms with Gasteiger partial charge in [0.1, 0.15) is 11.9 Å². The molecule has 6 heteroatoms. The summed E-state index contributed by atoms with van der Waals surface area (Å²) in [4.78, 5) is 15.1. The van der Waals surface area contributed by atoms with E-state index in [-0.39, 0.29) is 24.0 Å². The van der Waals surface area contributed by atoms with Crippen LogP contribution in [-0.2, 0) is 11.3 Å². The van der Waals surface area contributed by atoms with Crippen LogP contribution in [0, 0.1) is 11.6 Å². The number of rotatable bonds is 6. The van der Waals surface area contributed by atoms with E-state index in [4.69, 9.17) is 4.74 Å². The summed E-state index contributed by atoms with van der Waals surface area (Å²) < 4.78 is 32.1. The first-order valence-corrected chi connectivity index (χ1v) is 9.18.